The van der Waals surface area contributed by atoms with Crippen LogP contribution in [0.4, 0.5) is 0 Å². The first kappa shape index (κ1) is 18.7. The van der Waals surface area contributed by atoms with E-state index in [4.69, 9.17) is 0 Å². The lowest BCUT2D eigenvalue weighted by atomic mass is 9.57. The van der Waals surface area contributed by atoms with Crippen molar-refractivity contribution in [1.29, 1.82) is 10.5 Å². The quantitative estimate of drug-likeness (QED) is 0.683. The van der Waals surface area contributed by atoms with E-state index in [1.165, 1.54) is 0 Å². The molecule has 2 rings (SSSR count). The Morgan fingerprint density at radius 1 is 1.28 bits per heavy atom. The number of hydrogen-bond acceptors (Lipinski definition) is 3. The third kappa shape index (κ3) is 3.72. The molecule has 1 aliphatic rings. The number of Topliss-reactive ketones (excluding diaryl/α,β-unsaturated/α-hetero) is 1. The predicted molar refractivity (Wildman–Crippen MR) is 99.0 cm³/mol. The van der Waals surface area contributed by atoms with Crippen molar-refractivity contribution in [2.24, 2.45) is 16.7 Å². The number of carbonyl (C=O) groups is 1. The minimum absolute atomic E-state index is 0.153. The molecule has 1 saturated carbocycles. The van der Waals surface area contributed by atoms with E-state index in [2.05, 4.69) is 18.7 Å². The summed E-state index contributed by atoms with van der Waals surface area (Å²) in [5.74, 6) is -0.318. The molecule has 0 aromatic heterocycles. The van der Waals surface area contributed by atoms with Crippen molar-refractivity contribution in [3.05, 3.63) is 54.6 Å². The van der Waals surface area contributed by atoms with Crippen molar-refractivity contribution in [2.45, 2.75) is 39.0 Å². The second-order valence-corrected chi connectivity index (χ2v) is 6.98. The molecule has 3 heteroatoms. The van der Waals surface area contributed by atoms with E-state index in [0.717, 1.165) is 18.4 Å². The monoisotopic (exact) mass is 332 g/mol. The van der Waals surface area contributed by atoms with Gasteiger partial charge in [0.15, 0.2) is 5.41 Å². The third-order valence-corrected chi connectivity index (χ3v) is 5.35. The van der Waals surface area contributed by atoms with Gasteiger partial charge >= 0.3 is 0 Å². The van der Waals surface area contributed by atoms with Crippen LogP contribution in [-0.2, 0) is 4.79 Å². The van der Waals surface area contributed by atoms with Gasteiger partial charge in [-0.25, -0.2) is 0 Å². The molecule has 0 saturated heterocycles. The maximum atomic E-state index is 12.8. The van der Waals surface area contributed by atoms with Crippen LogP contribution in [0, 0.1) is 39.4 Å². The zero-order valence-corrected chi connectivity index (χ0v) is 14.7. The summed E-state index contributed by atoms with van der Waals surface area (Å²) in [6, 6.07) is 14.2. The second-order valence-electron chi connectivity index (χ2n) is 6.98. The number of ketones is 1. The fourth-order valence-electron chi connectivity index (χ4n) is 3.83. The lowest BCUT2D eigenvalue weighted by Gasteiger charge is -2.42. The van der Waals surface area contributed by atoms with Crippen molar-refractivity contribution < 1.29 is 4.79 Å². The van der Waals surface area contributed by atoms with Crippen LogP contribution in [0.15, 0.2) is 49.1 Å². The van der Waals surface area contributed by atoms with Gasteiger partial charge in [-0.15, -0.1) is 6.58 Å². The number of nitriles is 2. The average Bonchev–Trinajstić information content (AvgIpc) is 2.64. The van der Waals surface area contributed by atoms with Crippen LogP contribution in [0.1, 0.15) is 44.6 Å². The van der Waals surface area contributed by atoms with Gasteiger partial charge in [0.25, 0.3) is 0 Å². The van der Waals surface area contributed by atoms with E-state index in [1.54, 1.807) is 6.08 Å². The fourth-order valence-corrected chi connectivity index (χ4v) is 3.83. The van der Waals surface area contributed by atoms with Gasteiger partial charge in [0.2, 0.25) is 0 Å². The molecule has 0 heterocycles. The molecule has 0 amide bonds. The number of carbonyl (C=O) groups excluding carboxylic acids is 1. The first-order valence-electron chi connectivity index (χ1n) is 8.72. The maximum Gasteiger partial charge on any atom is 0.154 e. The molecule has 0 unspecified atom stereocenters. The van der Waals surface area contributed by atoms with E-state index in [-0.39, 0.29) is 12.2 Å². The summed E-state index contributed by atoms with van der Waals surface area (Å²) in [6.45, 7) is 5.64. The lowest BCUT2D eigenvalue weighted by Crippen LogP contribution is -2.45. The molecule has 128 valence electrons. The normalized spacial score (nSPS) is 22.1. The summed E-state index contributed by atoms with van der Waals surface area (Å²) in [5.41, 5.74) is -0.991. The molecule has 0 bridgehead atoms. The van der Waals surface area contributed by atoms with Crippen molar-refractivity contribution in [1.82, 2.24) is 0 Å². The largest absolute Gasteiger partial charge is 0.299 e. The average molecular weight is 332 g/mol. The zero-order valence-electron chi connectivity index (χ0n) is 14.7. The Kier molecular flexibility index (Phi) is 5.94. The van der Waals surface area contributed by atoms with Gasteiger partial charge in [0, 0.05) is 17.8 Å². The minimum atomic E-state index is -1.28. The van der Waals surface area contributed by atoms with Crippen LogP contribution >= 0.6 is 0 Å². The Morgan fingerprint density at radius 2 is 1.96 bits per heavy atom. The summed E-state index contributed by atoms with van der Waals surface area (Å²) in [7, 11) is 0. The van der Waals surface area contributed by atoms with Gasteiger partial charge in [0.05, 0.1) is 12.1 Å². The Balaban J connectivity index is 2.53. The van der Waals surface area contributed by atoms with Crippen LogP contribution < -0.4 is 0 Å². The van der Waals surface area contributed by atoms with E-state index < -0.39 is 16.7 Å². The molecule has 0 radical (unpaired) electrons. The highest BCUT2D eigenvalue weighted by molar-refractivity contribution is 5.86. The van der Waals surface area contributed by atoms with Crippen molar-refractivity contribution in [2.75, 3.05) is 0 Å². The van der Waals surface area contributed by atoms with E-state index in [9.17, 15) is 15.3 Å². The van der Waals surface area contributed by atoms with Gasteiger partial charge in [0.1, 0.15) is 5.78 Å². The molecule has 0 aliphatic heterocycles. The molecule has 1 fully saturated rings. The SMILES string of the molecule is C=CCC(C#N)(C#N)[C@@H](/C=C/c1ccccc1)[C@@]1(C)CCCCC1=O. The van der Waals surface area contributed by atoms with Crippen LogP contribution in [0.3, 0.4) is 0 Å². The molecule has 3 nitrogen and oxygen atoms in total. The number of rotatable bonds is 6. The number of benzene rings is 1. The lowest BCUT2D eigenvalue weighted by molar-refractivity contribution is -0.134. The molecule has 1 aromatic carbocycles. The van der Waals surface area contributed by atoms with Gasteiger partial charge in [-0.1, -0.05) is 61.9 Å². The second kappa shape index (κ2) is 7.95. The maximum absolute atomic E-state index is 12.8. The number of allylic oxidation sites excluding steroid dienone is 2. The third-order valence-electron chi connectivity index (χ3n) is 5.35. The first-order chi connectivity index (χ1) is 12.0. The molecule has 1 aromatic rings. The fraction of sp³-hybridized carbons (Fsp3) is 0.409. The number of hydrogen-bond donors (Lipinski definition) is 0. The number of nitrogens with zero attached hydrogens (tertiary/aromatic N) is 2. The molecule has 25 heavy (non-hydrogen) atoms. The summed E-state index contributed by atoms with van der Waals surface area (Å²) >= 11 is 0. The smallest absolute Gasteiger partial charge is 0.154 e. The van der Waals surface area contributed by atoms with Crippen LogP contribution in [0.25, 0.3) is 6.08 Å². The van der Waals surface area contributed by atoms with Crippen LogP contribution in [0.2, 0.25) is 0 Å². The minimum Gasteiger partial charge on any atom is -0.299 e. The van der Waals surface area contributed by atoms with E-state index in [1.807, 2.05) is 49.4 Å². The summed E-state index contributed by atoms with van der Waals surface area (Å²) in [5, 5.41) is 19.7. The summed E-state index contributed by atoms with van der Waals surface area (Å²) in [6.07, 6.45) is 8.72. The van der Waals surface area contributed by atoms with E-state index >= 15 is 0 Å². The van der Waals surface area contributed by atoms with Crippen molar-refractivity contribution in [3.63, 3.8) is 0 Å². The van der Waals surface area contributed by atoms with Gasteiger partial charge < -0.3 is 0 Å². The Bertz CT molecular complexity index is 722. The van der Waals surface area contributed by atoms with Gasteiger partial charge in [-0.2, -0.15) is 10.5 Å². The molecular weight excluding hydrogens is 308 g/mol. The van der Waals surface area contributed by atoms with Gasteiger partial charge in [-0.05, 0) is 24.8 Å². The predicted octanol–water partition coefficient (Wildman–Crippen LogP) is 5.08. The summed E-state index contributed by atoms with van der Waals surface area (Å²) in [4.78, 5) is 12.8. The molecule has 0 spiro atoms. The molecule has 0 N–H and O–H groups in total. The van der Waals surface area contributed by atoms with E-state index in [0.29, 0.717) is 12.8 Å². The standard InChI is InChI=1S/C22H24N2O/c1-3-14-22(16-23,17-24)19(13-12-18-9-5-4-6-10-18)21(2)15-8-7-11-20(21)25/h3-6,9-10,12-13,19H,1,7-8,11,14-15H2,2H3/b13-12+/t19-,21+/m0/s1. The molecular formula is C22H24N2O. The van der Waals surface area contributed by atoms with Crippen LogP contribution in [0.5, 0.6) is 0 Å². The zero-order chi connectivity index (χ0) is 18.3. The van der Waals surface area contributed by atoms with Crippen LogP contribution in [-0.4, -0.2) is 5.78 Å². The molecule has 1 aliphatic carbocycles. The van der Waals surface area contributed by atoms with Crippen molar-refractivity contribution in [3.8, 4) is 12.1 Å². The topological polar surface area (TPSA) is 64.7 Å². The highest BCUT2D eigenvalue weighted by Gasteiger charge is 2.51. The Labute approximate surface area is 150 Å². The molecule has 2 atom stereocenters. The Hall–Kier alpha value is -2.65. The highest BCUT2D eigenvalue weighted by atomic mass is 16.1. The van der Waals surface area contributed by atoms with Gasteiger partial charge in [-0.3, -0.25) is 4.79 Å². The first-order valence-corrected chi connectivity index (χ1v) is 8.72. The highest BCUT2D eigenvalue weighted by Crippen LogP contribution is 2.49. The summed E-state index contributed by atoms with van der Waals surface area (Å²) < 4.78 is 0. The van der Waals surface area contributed by atoms with Crippen molar-refractivity contribution >= 4 is 11.9 Å². The Morgan fingerprint density at radius 3 is 2.52 bits per heavy atom.